The summed E-state index contributed by atoms with van der Waals surface area (Å²) in [6, 6.07) is 13.4. The maximum atomic E-state index is 11.9. The first-order valence-corrected chi connectivity index (χ1v) is 6.61. The summed E-state index contributed by atoms with van der Waals surface area (Å²) in [5.41, 5.74) is 2.56. The summed E-state index contributed by atoms with van der Waals surface area (Å²) in [5.74, 6) is 1.17. The molecular formula is C16H16N2O3. The van der Waals surface area contributed by atoms with Crippen molar-refractivity contribution in [3.8, 4) is 11.5 Å². The predicted molar refractivity (Wildman–Crippen MR) is 81.6 cm³/mol. The van der Waals surface area contributed by atoms with E-state index in [9.17, 15) is 4.79 Å². The molecule has 5 nitrogen and oxygen atoms in total. The van der Waals surface area contributed by atoms with Gasteiger partial charge in [-0.3, -0.25) is 4.79 Å². The van der Waals surface area contributed by atoms with Crippen LogP contribution in [0, 0.1) is 0 Å². The van der Waals surface area contributed by atoms with Crippen LogP contribution in [0.15, 0.2) is 42.5 Å². The number of ether oxygens (including phenoxy) is 2. The maximum Gasteiger partial charge on any atom is 0.244 e. The van der Waals surface area contributed by atoms with Crippen molar-refractivity contribution in [2.24, 2.45) is 0 Å². The molecule has 0 saturated heterocycles. The number of methoxy groups -OCH3 is 2. The van der Waals surface area contributed by atoms with Gasteiger partial charge in [0, 0.05) is 17.8 Å². The van der Waals surface area contributed by atoms with Crippen molar-refractivity contribution in [3.05, 3.63) is 42.5 Å². The van der Waals surface area contributed by atoms with Crippen molar-refractivity contribution in [2.75, 3.05) is 31.0 Å². The summed E-state index contributed by atoms with van der Waals surface area (Å²) >= 11 is 0. The number of benzene rings is 2. The van der Waals surface area contributed by atoms with Crippen LogP contribution >= 0.6 is 0 Å². The monoisotopic (exact) mass is 284 g/mol. The Hall–Kier alpha value is -2.69. The molecule has 1 aliphatic heterocycles. The van der Waals surface area contributed by atoms with Crippen LogP contribution in [0.4, 0.5) is 17.1 Å². The van der Waals surface area contributed by atoms with Gasteiger partial charge in [0.05, 0.1) is 25.6 Å². The van der Waals surface area contributed by atoms with Gasteiger partial charge in [-0.15, -0.1) is 0 Å². The number of hydrogen-bond donors (Lipinski definition) is 1. The quantitative estimate of drug-likeness (QED) is 0.941. The average molecular weight is 284 g/mol. The molecule has 108 valence electrons. The molecule has 0 bridgehead atoms. The highest BCUT2D eigenvalue weighted by molar-refractivity contribution is 6.03. The van der Waals surface area contributed by atoms with E-state index in [4.69, 9.17) is 9.47 Å². The third kappa shape index (κ3) is 2.38. The number of rotatable bonds is 3. The van der Waals surface area contributed by atoms with Gasteiger partial charge in [0.1, 0.15) is 6.54 Å². The number of hydrogen-bond acceptors (Lipinski definition) is 4. The Bertz CT molecular complexity index is 671. The second kappa shape index (κ2) is 5.36. The zero-order valence-electron chi connectivity index (χ0n) is 11.9. The average Bonchev–Trinajstić information content (AvgIpc) is 2.53. The third-order valence-electron chi connectivity index (χ3n) is 3.44. The van der Waals surface area contributed by atoms with Crippen molar-refractivity contribution >= 4 is 23.0 Å². The van der Waals surface area contributed by atoms with Crippen molar-refractivity contribution in [3.63, 3.8) is 0 Å². The van der Waals surface area contributed by atoms with E-state index in [1.54, 1.807) is 20.3 Å². The summed E-state index contributed by atoms with van der Waals surface area (Å²) in [7, 11) is 3.17. The molecule has 2 aromatic carbocycles. The number of amides is 1. The lowest BCUT2D eigenvalue weighted by molar-refractivity contribution is -0.115. The molecule has 0 fully saturated rings. The number of anilines is 3. The molecule has 1 aliphatic rings. The molecule has 0 aromatic heterocycles. The Balaban J connectivity index is 2.13. The number of nitrogens with one attached hydrogen (secondary N) is 1. The molecule has 1 amide bonds. The first-order valence-electron chi connectivity index (χ1n) is 6.61. The van der Waals surface area contributed by atoms with Crippen molar-refractivity contribution < 1.29 is 14.3 Å². The van der Waals surface area contributed by atoms with Crippen molar-refractivity contribution in [2.45, 2.75) is 0 Å². The van der Waals surface area contributed by atoms with E-state index < -0.39 is 0 Å². The third-order valence-corrected chi connectivity index (χ3v) is 3.44. The Morgan fingerprint density at radius 2 is 1.71 bits per heavy atom. The largest absolute Gasteiger partial charge is 0.493 e. The van der Waals surface area contributed by atoms with E-state index in [1.807, 2.05) is 41.3 Å². The SMILES string of the molecule is COc1cc2c(cc1OC)N(c1ccccc1)CC(=O)N2. The lowest BCUT2D eigenvalue weighted by Crippen LogP contribution is -2.35. The highest BCUT2D eigenvalue weighted by Gasteiger charge is 2.25. The molecule has 2 aromatic rings. The summed E-state index contributed by atoms with van der Waals surface area (Å²) in [6.07, 6.45) is 0. The van der Waals surface area contributed by atoms with Crippen LogP contribution in [0.1, 0.15) is 0 Å². The van der Waals surface area contributed by atoms with Crippen LogP contribution in [0.3, 0.4) is 0 Å². The number of carbonyl (C=O) groups is 1. The highest BCUT2D eigenvalue weighted by Crippen LogP contribution is 2.42. The van der Waals surface area contributed by atoms with E-state index in [-0.39, 0.29) is 12.5 Å². The van der Waals surface area contributed by atoms with Gasteiger partial charge < -0.3 is 19.7 Å². The van der Waals surface area contributed by atoms with Crippen molar-refractivity contribution in [1.82, 2.24) is 0 Å². The van der Waals surface area contributed by atoms with Gasteiger partial charge in [-0.1, -0.05) is 18.2 Å². The van der Waals surface area contributed by atoms with Gasteiger partial charge in [-0.25, -0.2) is 0 Å². The standard InChI is InChI=1S/C16H16N2O3/c1-20-14-8-12-13(9-15(14)21-2)18(10-16(19)17-12)11-6-4-3-5-7-11/h3-9H,10H2,1-2H3,(H,17,19). The smallest absolute Gasteiger partial charge is 0.244 e. The molecule has 0 atom stereocenters. The lowest BCUT2D eigenvalue weighted by atomic mass is 10.1. The minimum absolute atomic E-state index is 0.0569. The Morgan fingerprint density at radius 1 is 1.05 bits per heavy atom. The molecular weight excluding hydrogens is 268 g/mol. The molecule has 0 aliphatic carbocycles. The maximum absolute atomic E-state index is 11.9. The molecule has 0 saturated carbocycles. The van der Waals surface area contributed by atoms with E-state index in [2.05, 4.69) is 5.32 Å². The van der Waals surface area contributed by atoms with Gasteiger partial charge >= 0.3 is 0 Å². The van der Waals surface area contributed by atoms with Crippen LogP contribution in [0.5, 0.6) is 11.5 Å². The molecule has 1 N–H and O–H groups in total. The van der Waals surface area contributed by atoms with Crippen LogP contribution in [0.25, 0.3) is 0 Å². The number of para-hydroxylation sites is 1. The molecule has 0 unspecified atom stereocenters. The Morgan fingerprint density at radius 3 is 2.38 bits per heavy atom. The zero-order chi connectivity index (χ0) is 14.8. The normalized spacial score (nSPS) is 13.4. The van der Waals surface area contributed by atoms with Gasteiger partial charge in [0.2, 0.25) is 5.91 Å². The highest BCUT2D eigenvalue weighted by atomic mass is 16.5. The lowest BCUT2D eigenvalue weighted by Gasteiger charge is -2.31. The van der Waals surface area contributed by atoms with Gasteiger partial charge in [0.25, 0.3) is 0 Å². The number of fused-ring (bicyclic) bond motifs is 1. The topological polar surface area (TPSA) is 50.8 Å². The van der Waals surface area contributed by atoms with Crippen LogP contribution in [-0.4, -0.2) is 26.7 Å². The van der Waals surface area contributed by atoms with Gasteiger partial charge in [0.15, 0.2) is 11.5 Å². The van der Waals surface area contributed by atoms with Gasteiger partial charge in [-0.2, -0.15) is 0 Å². The number of carbonyl (C=O) groups excluding carboxylic acids is 1. The molecule has 0 spiro atoms. The fourth-order valence-corrected chi connectivity index (χ4v) is 2.45. The molecule has 5 heteroatoms. The summed E-state index contributed by atoms with van der Waals surface area (Å²) in [4.78, 5) is 13.9. The van der Waals surface area contributed by atoms with Crippen molar-refractivity contribution in [1.29, 1.82) is 0 Å². The minimum atomic E-state index is -0.0569. The fraction of sp³-hybridized carbons (Fsp3) is 0.188. The van der Waals surface area contributed by atoms with E-state index in [0.29, 0.717) is 17.2 Å². The van der Waals surface area contributed by atoms with Crippen LogP contribution < -0.4 is 19.7 Å². The molecule has 3 rings (SSSR count). The second-order valence-corrected chi connectivity index (χ2v) is 4.69. The summed E-state index contributed by atoms with van der Waals surface area (Å²) in [6.45, 7) is 0.270. The van der Waals surface area contributed by atoms with E-state index in [0.717, 1.165) is 11.4 Å². The zero-order valence-corrected chi connectivity index (χ0v) is 11.9. The predicted octanol–water partition coefficient (Wildman–Crippen LogP) is 2.79. The molecule has 0 radical (unpaired) electrons. The van der Waals surface area contributed by atoms with Crippen LogP contribution in [0.2, 0.25) is 0 Å². The second-order valence-electron chi connectivity index (χ2n) is 4.69. The molecule has 21 heavy (non-hydrogen) atoms. The molecule has 1 heterocycles. The van der Waals surface area contributed by atoms with Gasteiger partial charge in [-0.05, 0) is 12.1 Å². The van der Waals surface area contributed by atoms with Crippen LogP contribution in [-0.2, 0) is 4.79 Å². The summed E-state index contributed by atoms with van der Waals surface area (Å²) < 4.78 is 10.6. The summed E-state index contributed by atoms with van der Waals surface area (Å²) in [5, 5.41) is 2.87. The Kier molecular flexibility index (Phi) is 3.39. The fourth-order valence-electron chi connectivity index (χ4n) is 2.45. The van der Waals surface area contributed by atoms with E-state index in [1.165, 1.54) is 0 Å². The number of nitrogens with zero attached hydrogens (tertiary/aromatic N) is 1. The first-order chi connectivity index (χ1) is 10.2. The Labute approximate surface area is 123 Å². The van der Waals surface area contributed by atoms with E-state index >= 15 is 0 Å². The minimum Gasteiger partial charge on any atom is -0.493 e. The first kappa shape index (κ1) is 13.3.